The minimum atomic E-state index is -3.63. The molecule has 0 bridgehead atoms. The number of anilines is 1. The molecule has 1 heterocycles. The van der Waals surface area contributed by atoms with Crippen molar-refractivity contribution >= 4 is 21.6 Å². The molecule has 1 aliphatic rings. The van der Waals surface area contributed by atoms with Crippen LogP contribution in [0.2, 0.25) is 0 Å². The van der Waals surface area contributed by atoms with Crippen LogP contribution in [0.4, 0.5) is 5.69 Å². The molecule has 1 aliphatic heterocycles. The molecule has 1 amide bonds. The highest BCUT2D eigenvalue weighted by atomic mass is 32.2. The lowest BCUT2D eigenvalue weighted by molar-refractivity contribution is -0.120. The Morgan fingerprint density at radius 2 is 1.83 bits per heavy atom. The monoisotopic (exact) mass is 430 g/mol. The number of fused-ring (bicyclic) bond motifs is 1. The number of hydrogen-bond acceptors (Lipinski definition) is 4. The Balaban J connectivity index is 1.86. The van der Waals surface area contributed by atoms with Gasteiger partial charge in [0.05, 0.1) is 18.0 Å². The van der Waals surface area contributed by atoms with E-state index in [4.69, 9.17) is 4.74 Å². The van der Waals surface area contributed by atoms with Gasteiger partial charge in [0.2, 0.25) is 15.9 Å². The zero-order valence-electron chi connectivity index (χ0n) is 18.4. The van der Waals surface area contributed by atoms with E-state index in [-0.39, 0.29) is 18.5 Å². The fourth-order valence-corrected chi connectivity index (χ4v) is 4.60. The molecular weight excluding hydrogens is 400 g/mol. The van der Waals surface area contributed by atoms with Crippen molar-refractivity contribution < 1.29 is 17.9 Å². The highest BCUT2D eigenvalue weighted by Gasteiger charge is 2.35. The molecule has 0 saturated heterocycles. The topological polar surface area (TPSA) is 75.7 Å². The van der Waals surface area contributed by atoms with Gasteiger partial charge in [-0.25, -0.2) is 8.42 Å². The molecule has 0 radical (unpaired) electrons. The predicted molar refractivity (Wildman–Crippen MR) is 119 cm³/mol. The summed E-state index contributed by atoms with van der Waals surface area (Å²) >= 11 is 0. The Hall–Kier alpha value is -2.54. The lowest BCUT2D eigenvalue weighted by Gasteiger charge is -2.38. The SMILES string of the molecule is Cc1ccc2c(c1)[C@@H](NC(=O)CN(c1ccc(C)c(C)c1)S(C)(=O)=O)CC(C)(C)O2. The van der Waals surface area contributed by atoms with Crippen LogP contribution in [-0.4, -0.2) is 32.7 Å². The second-order valence-electron chi connectivity index (χ2n) is 8.77. The van der Waals surface area contributed by atoms with E-state index in [0.717, 1.165) is 38.6 Å². The third kappa shape index (κ3) is 4.95. The molecule has 6 nitrogen and oxygen atoms in total. The van der Waals surface area contributed by atoms with Gasteiger partial charge in [0, 0.05) is 12.0 Å². The largest absolute Gasteiger partial charge is 0.487 e. The highest BCUT2D eigenvalue weighted by molar-refractivity contribution is 7.92. The first kappa shape index (κ1) is 22.2. The third-order valence-corrected chi connectivity index (χ3v) is 6.56. The van der Waals surface area contributed by atoms with Crippen molar-refractivity contribution in [2.75, 3.05) is 17.1 Å². The van der Waals surface area contributed by atoms with E-state index in [1.54, 1.807) is 12.1 Å². The maximum atomic E-state index is 12.9. The fourth-order valence-electron chi connectivity index (χ4n) is 3.75. The van der Waals surface area contributed by atoms with E-state index < -0.39 is 15.6 Å². The maximum absolute atomic E-state index is 12.9. The van der Waals surface area contributed by atoms with Crippen molar-refractivity contribution in [2.45, 2.75) is 52.7 Å². The van der Waals surface area contributed by atoms with E-state index in [9.17, 15) is 13.2 Å². The molecule has 0 saturated carbocycles. The number of aryl methyl sites for hydroxylation is 3. The molecule has 0 fully saturated rings. The van der Waals surface area contributed by atoms with Crippen LogP contribution in [0.25, 0.3) is 0 Å². The Labute approximate surface area is 179 Å². The first-order valence-corrected chi connectivity index (χ1v) is 11.8. The number of nitrogens with zero attached hydrogens (tertiary/aromatic N) is 1. The summed E-state index contributed by atoms with van der Waals surface area (Å²) in [5, 5.41) is 3.03. The molecular formula is C23H30N2O4S. The molecule has 0 aromatic heterocycles. The quantitative estimate of drug-likeness (QED) is 0.783. The first-order chi connectivity index (χ1) is 13.9. The number of amides is 1. The molecule has 162 valence electrons. The molecule has 0 unspecified atom stereocenters. The van der Waals surface area contributed by atoms with Crippen LogP contribution >= 0.6 is 0 Å². The van der Waals surface area contributed by atoms with E-state index in [0.29, 0.717) is 12.1 Å². The van der Waals surface area contributed by atoms with E-state index >= 15 is 0 Å². The van der Waals surface area contributed by atoms with Crippen molar-refractivity contribution in [2.24, 2.45) is 0 Å². The van der Waals surface area contributed by atoms with Crippen LogP contribution in [0.1, 0.15) is 48.6 Å². The van der Waals surface area contributed by atoms with Gasteiger partial charge >= 0.3 is 0 Å². The van der Waals surface area contributed by atoms with Gasteiger partial charge in [-0.1, -0.05) is 23.8 Å². The second kappa shape index (κ2) is 7.95. The van der Waals surface area contributed by atoms with E-state index in [2.05, 4.69) is 5.32 Å². The number of benzene rings is 2. The Kier molecular flexibility index (Phi) is 5.87. The van der Waals surface area contributed by atoms with Gasteiger partial charge in [0.1, 0.15) is 17.9 Å². The van der Waals surface area contributed by atoms with Crippen LogP contribution in [0.3, 0.4) is 0 Å². The van der Waals surface area contributed by atoms with E-state index in [1.807, 2.05) is 58.9 Å². The van der Waals surface area contributed by atoms with Crippen LogP contribution in [0.5, 0.6) is 5.75 Å². The van der Waals surface area contributed by atoms with Crippen LogP contribution in [0, 0.1) is 20.8 Å². The lowest BCUT2D eigenvalue weighted by Crippen LogP contribution is -2.45. The molecule has 30 heavy (non-hydrogen) atoms. The standard InChI is InChI=1S/C23H30N2O4S/c1-15-7-10-21-19(11-15)20(13-23(4,5)29-21)24-22(26)14-25(30(6,27)28)18-9-8-16(2)17(3)12-18/h7-12,20H,13-14H2,1-6H3,(H,24,26)/t20-/m0/s1. The van der Waals surface area contributed by atoms with Crippen molar-refractivity contribution in [1.29, 1.82) is 0 Å². The Morgan fingerprint density at radius 3 is 2.47 bits per heavy atom. The molecule has 2 aromatic carbocycles. The zero-order chi connectivity index (χ0) is 22.3. The average molecular weight is 431 g/mol. The summed E-state index contributed by atoms with van der Waals surface area (Å²) in [5.74, 6) is 0.394. The van der Waals surface area contributed by atoms with E-state index in [1.165, 1.54) is 0 Å². The number of hydrogen-bond donors (Lipinski definition) is 1. The molecule has 7 heteroatoms. The summed E-state index contributed by atoms with van der Waals surface area (Å²) in [5.41, 5.74) is 4.07. The van der Waals surface area contributed by atoms with Gasteiger partial charge < -0.3 is 10.1 Å². The molecule has 1 N–H and O–H groups in total. The molecule has 3 rings (SSSR count). The minimum absolute atomic E-state index is 0.252. The summed E-state index contributed by atoms with van der Waals surface area (Å²) < 4.78 is 32.1. The fraction of sp³-hybridized carbons (Fsp3) is 0.435. The summed E-state index contributed by atoms with van der Waals surface area (Å²) in [7, 11) is -3.63. The van der Waals surface area contributed by atoms with Crippen molar-refractivity contribution in [3.63, 3.8) is 0 Å². The van der Waals surface area contributed by atoms with Gasteiger partial charge in [0.15, 0.2) is 0 Å². The number of carbonyl (C=O) groups excluding carboxylic acids is 1. The number of ether oxygens (including phenoxy) is 1. The summed E-state index contributed by atoms with van der Waals surface area (Å²) in [6.07, 6.45) is 1.71. The van der Waals surface area contributed by atoms with Crippen molar-refractivity contribution in [3.8, 4) is 5.75 Å². The summed E-state index contributed by atoms with van der Waals surface area (Å²) in [6, 6.07) is 11.0. The third-order valence-electron chi connectivity index (χ3n) is 5.42. The average Bonchev–Trinajstić information content (AvgIpc) is 2.61. The number of rotatable bonds is 5. The maximum Gasteiger partial charge on any atom is 0.241 e. The summed E-state index contributed by atoms with van der Waals surface area (Å²) in [6.45, 7) is 9.55. The van der Waals surface area contributed by atoms with Gasteiger partial charge in [-0.15, -0.1) is 0 Å². The van der Waals surface area contributed by atoms with Gasteiger partial charge in [0.25, 0.3) is 0 Å². The first-order valence-electron chi connectivity index (χ1n) is 10.00. The molecule has 0 aliphatic carbocycles. The van der Waals surface area contributed by atoms with Crippen LogP contribution < -0.4 is 14.4 Å². The summed E-state index contributed by atoms with van der Waals surface area (Å²) in [4.78, 5) is 12.9. The molecule has 2 aromatic rings. The molecule has 1 atom stereocenters. The van der Waals surface area contributed by atoms with Gasteiger partial charge in [-0.05, 0) is 63.9 Å². The molecule has 0 spiro atoms. The zero-order valence-corrected chi connectivity index (χ0v) is 19.3. The van der Waals surface area contributed by atoms with Crippen molar-refractivity contribution in [3.05, 3.63) is 58.7 Å². The van der Waals surface area contributed by atoms with Crippen LogP contribution in [-0.2, 0) is 14.8 Å². The highest BCUT2D eigenvalue weighted by Crippen LogP contribution is 2.39. The minimum Gasteiger partial charge on any atom is -0.487 e. The van der Waals surface area contributed by atoms with Crippen molar-refractivity contribution in [1.82, 2.24) is 5.32 Å². The smallest absolute Gasteiger partial charge is 0.241 e. The second-order valence-corrected chi connectivity index (χ2v) is 10.7. The van der Waals surface area contributed by atoms with Gasteiger partial charge in [-0.2, -0.15) is 0 Å². The normalized spacial score (nSPS) is 17.6. The lowest BCUT2D eigenvalue weighted by atomic mass is 9.89. The predicted octanol–water partition coefficient (Wildman–Crippen LogP) is 3.80. The number of carbonyl (C=O) groups is 1. The Bertz CT molecular complexity index is 1080. The number of sulfonamides is 1. The number of nitrogens with one attached hydrogen (secondary N) is 1. The van der Waals surface area contributed by atoms with Gasteiger partial charge in [-0.3, -0.25) is 9.10 Å². The Morgan fingerprint density at radius 1 is 1.13 bits per heavy atom. The van der Waals surface area contributed by atoms with Crippen LogP contribution in [0.15, 0.2) is 36.4 Å².